The largest absolute Gasteiger partial charge is 0.478 e. The molecule has 0 spiro atoms. The number of ether oxygens (including phenoxy) is 1. The van der Waals surface area contributed by atoms with Gasteiger partial charge in [-0.25, -0.2) is 4.79 Å². The molecule has 0 aromatic heterocycles. The number of hydrogen-bond acceptors (Lipinski definition) is 3. The normalized spacial score (nSPS) is 14.1. The third-order valence-corrected chi connectivity index (χ3v) is 1.25. The van der Waals surface area contributed by atoms with Gasteiger partial charge in [-0.2, -0.15) is 0 Å². The van der Waals surface area contributed by atoms with Crippen LogP contribution in [0.25, 0.3) is 0 Å². The van der Waals surface area contributed by atoms with Gasteiger partial charge in [-0.15, -0.1) is 6.42 Å². The molecule has 4 nitrogen and oxygen atoms in total. The molecule has 0 aliphatic heterocycles. The number of rotatable bonds is 3. The minimum absolute atomic E-state index is 0.619. The van der Waals surface area contributed by atoms with Crippen molar-refractivity contribution in [3.8, 4) is 12.3 Å². The molecule has 0 saturated carbocycles. The van der Waals surface area contributed by atoms with Crippen molar-refractivity contribution in [2.24, 2.45) is 5.92 Å². The van der Waals surface area contributed by atoms with Gasteiger partial charge in [-0.1, -0.05) is 5.92 Å². The summed E-state index contributed by atoms with van der Waals surface area (Å²) in [5.41, 5.74) is 0. The predicted octanol–water partition coefficient (Wildman–Crippen LogP) is 0.272. The topological polar surface area (TPSA) is 63.6 Å². The summed E-state index contributed by atoms with van der Waals surface area (Å²) in [4.78, 5) is 20.9. The van der Waals surface area contributed by atoms with E-state index in [1.54, 1.807) is 0 Å². The van der Waals surface area contributed by atoms with Gasteiger partial charge in [0.1, 0.15) is 0 Å². The van der Waals surface area contributed by atoms with Crippen LogP contribution in [0, 0.1) is 18.3 Å². The second-order valence-corrected chi connectivity index (χ2v) is 2.32. The average Bonchev–Trinajstić information content (AvgIpc) is 1.98. The maximum absolute atomic E-state index is 10.5. The van der Waals surface area contributed by atoms with Crippen LogP contribution in [0.2, 0.25) is 0 Å². The van der Waals surface area contributed by atoms with Gasteiger partial charge in [0, 0.05) is 6.92 Å². The van der Waals surface area contributed by atoms with E-state index >= 15 is 0 Å². The van der Waals surface area contributed by atoms with Crippen molar-refractivity contribution in [3.05, 3.63) is 0 Å². The van der Waals surface area contributed by atoms with Gasteiger partial charge in [0.2, 0.25) is 6.10 Å². The molecular formula is C8H10O4. The number of carbonyl (C=O) groups is 2. The van der Waals surface area contributed by atoms with Gasteiger partial charge >= 0.3 is 11.9 Å². The van der Waals surface area contributed by atoms with E-state index in [2.05, 4.69) is 10.7 Å². The fourth-order valence-electron chi connectivity index (χ4n) is 0.633. The van der Waals surface area contributed by atoms with Crippen molar-refractivity contribution in [1.29, 1.82) is 0 Å². The lowest BCUT2D eigenvalue weighted by Gasteiger charge is -2.14. The number of hydrogen-bond donors (Lipinski definition) is 1. The lowest BCUT2D eigenvalue weighted by molar-refractivity contribution is -0.164. The van der Waals surface area contributed by atoms with Crippen molar-refractivity contribution < 1.29 is 19.4 Å². The Hall–Kier alpha value is -1.50. The fourth-order valence-corrected chi connectivity index (χ4v) is 0.633. The minimum atomic E-state index is -1.24. The Kier molecular flexibility index (Phi) is 3.84. The molecule has 0 aliphatic carbocycles. The Morgan fingerprint density at radius 1 is 1.58 bits per heavy atom. The smallest absolute Gasteiger partial charge is 0.346 e. The van der Waals surface area contributed by atoms with Gasteiger partial charge in [-0.05, 0) is 6.92 Å². The number of carboxylic acid groups (broad SMARTS) is 1. The number of carbonyl (C=O) groups excluding carboxylic acids is 1. The molecule has 0 saturated heterocycles. The molecule has 0 radical (unpaired) electrons. The zero-order valence-corrected chi connectivity index (χ0v) is 6.90. The molecule has 0 aromatic rings. The molecule has 2 atom stereocenters. The first-order valence-corrected chi connectivity index (χ1v) is 3.35. The highest BCUT2D eigenvalue weighted by molar-refractivity contribution is 5.77. The molecule has 4 heteroatoms. The number of carboxylic acids is 1. The van der Waals surface area contributed by atoms with Crippen LogP contribution in [-0.4, -0.2) is 23.1 Å². The number of aliphatic carboxylic acids is 1. The van der Waals surface area contributed by atoms with E-state index in [-0.39, 0.29) is 0 Å². The molecule has 12 heavy (non-hydrogen) atoms. The molecule has 2 unspecified atom stereocenters. The van der Waals surface area contributed by atoms with Crippen molar-refractivity contribution in [2.45, 2.75) is 20.0 Å². The summed E-state index contributed by atoms with van der Waals surface area (Å²) in [6.07, 6.45) is 3.74. The van der Waals surface area contributed by atoms with Crippen LogP contribution in [0.1, 0.15) is 13.8 Å². The summed E-state index contributed by atoms with van der Waals surface area (Å²) in [5.74, 6) is -0.300. The van der Waals surface area contributed by atoms with Gasteiger partial charge in [0.15, 0.2) is 0 Å². The summed E-state index contributed by atoms with van der Waals surface area (Å²) in [6.45, 7) is 2.64. The lowest BCUT2D eigenvalue weighted by Crippen LogP contribution is -2.31. The summed E-state index contributed by atoms with van der Waals surface area (Å²) in [5, 5.41) is 8.55. The van der Waals surface area contributed by atoms with E-state index in [9.17, 15) is 9.59 Å². The molecule has 66 valence electrons. The molecule has 0 heterocycles. The van der Waals surface area contributed by atoms with E-state index in [0.717, 1.165) is 6.92 Å². The van der Waals surface area contributed by atoms with Crippen LogP contribution in [0.5, 0.6) is 0 Å². The predicted molar refractivity (Wildman–Crippen MR) is 41.2 cm³/mol. The van der Waals surface area contributed by atoms with Crippen molar-refractivity contribution in [3.63, 3.8) is 0 Å². The first-order chi connectivity index (χ1) is 5.49. The molecule has 1 N–H and O–H groups in total. The van der Waals surface area contributed by atoms with E-state index < -0.39 is 24.0 Å². The van der Waals surface area contributed by atoms with E-state index in [1.807, 2.05) is 0 Å². The van der Waals surface area contributed by atoms with Crippen molar-refractivity contribution in [1.82, 2.24) is 0 Å². The third-order valence-electron chi connectivity index (χ3n) is 1.25. The maximum atomic E-state index is 10.5. The monoisotopic (exact) mass is 170 g/mol. The lowest BCUT2D eigenvalue weighted by atomic mass is 10.1. The van der Waals surface area contributed by atoms with Gasteiger partial charge in [-0.3, -0.25) is 4.79 Å². The minimum Gasteiger partial charge on any atom is -0.478 e. The van der Waals surface area contributed by atoms with Crippen LogP contribution in [0.4, 0.5) is 0 Å². The SMILES string of the molecule is C#CC(C)C(OC(C)=O)C(=O)O. The first kappa shape index (κ1) is 10.5. The highest BCUT2D eigenvalue weighted by atomic mass is 16.6. The molecule has 0 bridgehead atoms. The zero-order chi connectivity index (χ0) is 9.72. The first-order valence-electron chi connectivity index (χ1n) is 3.35. The van der Waals surface area contributed by atoms with Crippen LogP contribution in [0.15, 0.2) is 0 Å². The highest BCUT2D eigenvalue weighted by Crippen LogP contribution is 2.06. The fraction of sp³-hybridized carbons (Fsp3) is 0.500. The standard InChI is InChI=1S/C8H10O4/c1-4-5(2)7(8(10)11)12-6(3)9/h1,5,7H,2-3H3,(H,10,11). The molecular weight excluding hydrogens is 160 g/mol. The van der Waals surface area contributed by atoms with Crippen molar-refractivity contribution in [2.75, 3.05) is 0 Å². The summed E-state index contributed by atoms with van der Waals surface area (Å²) >= 11 is 0. The van der Waals surface area contributed by atoms with E-state index in [1.165, 1.54) is 6.92 Å². The van der Waals surface area contributed by atoms with E-state index in [4.69, 9.17) is 11.5 Å². The molecule has 0 aliphatic rings. The zero-order valence-electron chi connectivity index (χ0n) is 6.90. The van der Waals surface area contributed by atoms with Crippen LogP contribution in [-0.2, 0) is 14.3 Å². The second kappa shape index (κ2) is 4.39. The number of esters is 1. The Bertz CT molecular complexity index is 226. The van der Waals surface area contributed by atoms with Crippen molar-refractivity contribution >= 4 is 11.9 Å². The van der Waals surface area contributed by atoms with Crippen LogP contribution >= 0.6 is 0 Å². The summed E-state index contributed by atoms with van der Waals surface area (Å²) < 4.78 is 4.48. The molecule has 0 rings (SSSR count). The summed E-state index contributed by atoms with van der Waals surface area (Å²) in [6, 6.07) is 0. The Morgan fingerprint density at radius 2 is 2.08 bits per heavy atom. The molecule has 0 amide bonds. The highest BCUT2D eigenvalue weighted by Gasteiger charge is 2.25. The Balaban J connectivity index is 4.36. The summed E-state index contributed by atoms with van der Waals surface area (Å²) in [7, 11) is 0. The van der Waals surface area contributed by atoms with E-state index in [0.29, 0.717) is 0 Å². The van der Waals surface area contributed by atoms with Gasteiger partial charge < -0.3 is 9.84 Å². The second-order valence-electron chi connectivity index (χ2n) is 2.32. The average molecular weight is 170 g/mol. The number of terminal acetylenes is 1. The van der Waals surface area contributed by atoms with Crippen LogP contribution in [0.3, 0.4) is 0 Å². The van der Waals surface area contributed by atoms with Crippen LogP contribution < -0.4 is 0 Å². The van der Waals surface area contributed by atoms with Gasteiger partial charge in [0.05, 0.1) is 5.92 Å². The Labute approximate surface area is 70.5 Å². The Morgan fingerprint density at radius 3 is 2.33 bits per heavy atom. The third kappa shape index (κ3) is 3.06. The molecule has 0 aromatic carbocycles. The van der Waals surface area contributed by atoms with Gasteiger partial charge in [0.25, 0.3) is 0 Å². The quantitative estimate of drug-likeness (QED) is 0.488. The maximum Gasteiger partial charge on any atom is 0.346 e. The molecule has 0 fully saturated rings.